The predicted octanol–water partition coefficient (Wildman–Crippen LogP) is 1.26. The minimum absolute atomic E-state index is 0.0851. The summed E-state index contributed by atoms with van der Waals surface area (Å²) in [5.41, 5.74) is 4.38. The molecule has 2 saturated heterocycles. The van der Waals surface area contributed by atoms with E-state index in [1.54, 1.807) is 4.57 Å². The van der Waals surface area contributed by atoms with Gasteiger partial charge in [-0.1, -0.05) is 6.42 Å². The molecule has 0 aliphatic carbocycles. The van der Waals surface area contributed by atoms with Crippen LogP contribution in [0.15, 0.2) is 11.1 Å². The minimum atomic E-state index is -1.12. The molecule has 2 aliphatic heterocycles. The second-order valence-electron chi connectivity index (χ2n) is 6.53. The molecular weight excluding hydrogens is 428 g/mol. The van der Waals surface area contributed by atoms with Gasteiger partial charge in [0.15, 0.2) is 23.2 Å². The average molecular weight is 448 g/mol. The Hall–Kier alpha value is -1.04. The maximum Gasteiger partial charge on any atom is 0.200 e. The summed E-state index contributed by atoms with van der Waals surface area (Å²) in [7, 11) is 0. The number of alkyl halides is 1. The maximum atomic E-state index is 10.3. The van der Waals surface area contributed by atoms with Crippen LogP contribution in [0.4, 0.5) is 5.82 Å². The minimum Gasteiger partial charge on any atom is -0.387 e. The van der Waals surface area contributed by atoms with Crippen molar-refractivity contribution in [2.24, 2.45) is 0 Å². The molecule has 142 valence electrons. The number of piperidine rings is 1. The van der Waals surface area contributed by atoms with Gasteiger partial charge in [0.25, 0.3) is 0 Å². The lowest BCUT2D eigenvalue weighted by Gasteiger charge is -2.27. The highest BCUT2D eigenvalue weighted by Crippen LogP contribution is 2.33. The van der Waals surface area contributed by atoms with E-state index in [-0.39, 0.29) is 5.88 Å². The number of halogens is 2. The van der Waals surface area contributed by atoms with Gasteiger partial charge in [-0.05, 0) is 28.8 Å². The SMILES string of the molecule is O[C@@H]1[C@H](O)[C@@H](CCl)O[C@H]1n1cnc2c(NN3CCCCC3)nc(Br)nc21. The van der Waals surface area contributed by atoms with Gasteiger partial charge in [0.2, 0.25) is 4.73 Å². The monoisotopic (exact) mass is 446 g/mol. The molecule has 0 spiro atoms. The van der Waals surface area contributed by atoms with Gasteiger partial charge in [0, 0.05) is 13.1 Å². The summed E-state index contributed by atoms with van der Waals surface area (Å²) in [6, 6.07) is 0. The molecule has 4 heterocycles. The highest BCUT2D eigenvalue weighted by atomic mass is 79.9. The third-order valence-electron chi connectivity index (χ3n) is 4.78. The number of imidazole rings is 1. The number of fused-ring (bicyclic) bond motifs is 1. The van der Waals surface area contributed by atoms with Crippen LogP contribution < -0.4 is 5.43 Å². The standard InChI is InChI=1S/C15H20BrClN6O3/c16-15-19-12(21-22-4-2-1-3-5-22)9-13(20-15)23(7-18-9)14-11(25)10(24)8(6-17)26-14/h7-8,10-11,14,24-25H,1-6H2,(H,19,20,21)/t8-,10-,11-,14-/m1/s1. The van der Waals surface area contributed by atoms with Crippen molar-refractivity contribution in [3.8, 4) is 0 Å². The smallest absolute Gasteiger partial charge is 0.200 e. The van der Waals surface area contributed by atoms with Gasteiger partial charge >= 0.3 is 0 Å². The first-order valence-electron chi connectivity index (χ1n) is 8.57. The van der Waals surface area contributed by atoms with Crippen LogP contribution in [-0.4, -0.2) is 72.0 Å². The molecule has 2 aliphatic rings. The Balaban J connectivity index is 1.67. The van der Waals surface area contributed by atoms with Gasteiger partial charge in [0.1, 0.15) is 18.3 Å². The Morgan fingerprint density at radius 1 is 1.23 bits per heavy atom. The molecule has 9 nitrogen and oxygen atoms in total. The van der Waals surface area contributed by atoms with Gasteiger partial charge in [-0.15, -0.1) is 11.6 Å². The molecule has 0 unspecified atom stereocenters. The first-order chi connectivity index (χ1) is 12.6. The van der Waals surface area contributed by atoms with Gasteiger partial charge in [-0.3, -0.25) is 4.57 Å². The van der Waals surface area contributed by atoms with E-state index < -0.39 is 24.5 Å². The number of anilines is 1. The van der Waals surface area contributed by atoms with Crippen molar-refractivity contribution in [2.75, 3.05) is 24.4 Å². The highest BCUT2D eigenvalue weighted by molar-refractivity contribution is 9.10. The van der Waals surface area contributed by atoms with Crippen LogP contribution >= 0.6 is 27.5 Å². The predicted molar refractivity (Wildman–Crippen MR) is 98.7 cm³/mol. The number of nitrogens with one attached hydrogen (secondary N) is 1. The summed E-state index contributed by atoms with van der Waals surface area (Å²) in [5.74, 6) is 0.673. The molecule has 2 fully saturated rings. The summed E-state index contributed by atoms with van der Waals surface area (Å²) < 4.78 is 7.70. The van der Waals surface area contributed by atoms with E-state index in [9.17, 15) is 10.2 Å². The summed E-state index contributed by atoms with van der Waals surface area (Å²) in [5, 5.41) is 22.5. The second kappa shape index (κ2) is 7.53. The number of hydrazine groups is 1. The van der Waals surface area contributed by atoms with E-state index in [2.05, 4.69) is 41.3 Å². The van der Waals surface area contributed by atoms with E-state index in [4.69, 9.17) is 16.3 Å². The number of rotatable bonds is 4. The van der Waals surface area contributed by atoms with Crippen LogP contribution in [0.3, 0.4) is 0 Å². The van der Waals surface area contributed by atoms with Gasteiger partial charge < -0.3 is 20.4 Å². The van der Waals surface area contributed by atoms with Crippen molar-refractivity contribution < 1.29 is 14.9 Å². The molecule has 2 aromatic rings. The Morgan fingerprint density at radius 2 is 2.00 bits per heavy atom. The summed E-state index contributed by atoms with van der Waals surface area (Å²) >= 11 is 9.13. The van der Waals surface area contributed by atoms with Crippen molar-refractivity contribution in [1.29, 1.82) is 0 Å². The molecule has 3 N–H and O–H groups in total. The zero-order valence-electron chi connectivity index (χ0n) is 13.9. The van der Waals surface area contributed by atoms with Crippen LogP contribution in [0.2, 0.25) is 0 Å². The second-order valence-corrected chi connectivity index (χ2v) is 7.54. The van der Waals surface area contributed by atoms with E-state index in [1.165, 1.54) is 12.7 Å². The molecular formula is C15H20BrClN6O3. The fourth-order valence-corrected chi connectivity index (χ4v) is 4.00. The van der Waals surface area contributed by atoms with Gasteiger partial charge in [0.05, 0.1) is 12.2 Å². The lowest BCUT2D eigenvalue weighted by atomic mass is 10.1. The van der Waals surface area contributed by atoms with Gasteiger partial charge in [-0.2, -0.15) is 0 Å². The molecule has 11 heteroatoms. The summed E-state index contributed by atoms with van der Waals surface area (Å²) in [6.07, 6.45) is 1.39. The van der Waals surface area contributed by atoms with Crippen LogP contribution in [0.5, 0.6) is 0 Å². The van der Waals surface area contributed by atoms with Crippen molar-refractivity contribution in [3.05, 3.63) is 11.1 Å². The molecule has 0 amide bonds. The van der Waals surface area contributed by atoms with Crippen LogP contribution in [0, 0.1) is 0 Å². The first-order valence-corrected chi connectivity index (χ1v) is 9.90. The number of hydrogen-bond acceptors (Lipinski definition) is 8. The summed E-state index contributed by atoms with van der Waals surface area (Å²) in [4.78, 5) is 13.2. The molecule has 4 atom stereocenters. The first kappa shape index (κ1) is 18.3. The Kier molecular flexibility index (Phi) is 5.31. The quantitative estimate of drug-likeness (QED) is 0.475. The number of aromatic nitrogens is 4. The average Bonchev–Trinajstić information content (AvgIpc) is 3.17. The Morgan fingerprint density at radius 3 is 2.69 bits per heavy atom. The molecule has 0 bridgehead atoms. The molecule has 26 heavy (non-hydrogen) atoms. The zero-order valence-corrected chi connectivity index (χ0v) is 16.3. The van der Waals surface area contributed by atoms with Gasteiger partial charge in [-0.25, -0.2) is 20.0 Å². The molecule has 0 aromatic carbocycles. The zero-order chi connectivity index (χ0) is 18.3. The normalized spacial score (nSPS) is 30.2. The lowest BCUT2D eigenvalue weighted by Crippen LogP contribution is -2.35. The highest BCUT2D eigenvalue weighted by Gasteiger charge is 2.44. The van der Waals surface area contributed by atoms with Crippen molar-refractivity contribution in [1.82, 2.24) is 24.5 Å². The van der Waals surface area contributed by atoms with Crippen LogP contribution in [0.1, 0.15) is 25.5 Å². The van der Waals surface area contributed by atoms with Crippen LogP contribution in [-0.2, 0) is 4.74 Å². The Labute approximate surface area is 163 Å². The number of aliphatic hydroxyl groups excluding tert-OH is 2. The summed E-state index contributed by atoms with van der Waals surface area (Å²) in [6.45, 7) is 1.88. The van der Waals surface area contributed by atoms with Crippen molar-refractivity contribution >= 4 is 44.5 Å². The largest absolute Gasteiger partial charge is 0.387 e. The third kappa shape index (κ3) is 3.30. The Bertz CT molecular complexity index is 786. The van der Waals surface area contributed by atoms with Crippen molar-refractivity contribution in [2.45, 2.75) is 43.8 Å². The fourth-order valence-electron chi connectivity index (χ4n) is 3.40. The third-order valence-corrected chi connectivity index (χ3v) is 5.44. The van der Waals surface area contributed by atoms with Crippen LogP contribution in [0.25, 0.3) is 11.2 Å². The lowest BCUT2D eigenvalue weighted by molar-refractivity contribution is -0.0291. The van der Waals surface area contributed by atoms with E-state index in [1.807, 2.05) is 0 Å². The van der Waals surface area contributed by atoms with Crippen molar-refractivity contribution in [3.63, 3.8) is 0 Å². The number of hydrogen-bond donors (Lipinski definition) is 3. The number of ether oxygens (including phenoxy) is 1. The fraction of sp³-hybridized carbons (Fsp3) is 0.667. The maximum absolute atomic E-state index is 10.3. The van der Waals surface area contributed by atoms with E-state index in [0.717, 1.165) is 25.9 Å². The number of aliphatic hydroxyl groups is 2. The molecule has 4 rings (SSSR count). The molecule has 0 saturated carbocycles. The van der Waals surface area contributed by atoms with E-state index in [0.29, 0.717) is 21.7 Å². The van der Waals surface area contributed by atoms with E-state index >= 15 is 0 Å². The topological polar surface area (TPSA) is 109 Å². The molecule has 0 radical (unpaired) electrons. The number of nitrogens with zero attached hydrogens (tertiary/aromatic N) is 5. The molecule has 2 aromatic heterocycles.